The molecule has 5 N–H and O–H groups in total. The molecular formula is C17H21F2N5O6. The number of benzene rings is 1. The quantitative estimate of drug-likeness (QED) is 0.419. The van der Waals surface area contributed by atoms with Crippen LogP contribution in [0.1, 0.15) is 6.92 Å². The monoisotopic (exact) mass is 429 g/mol. The highest BCUT2D eigenvalue weighted by atomic mass is 19.3. The predicted molar refractivity (Wildman–Crippen MR) is 100 cm³/mol. The fourth-order valence-corrected chi connectivity index (χ4v) is 2.60. The lowest BCUT2D eigenvalue weighted by Gasteiger charge is -2.28. The summed E-state index contributed by atoms with van der Waals surface area (Å²) in [5, 5.41) is 6.73. The molecule has 1 fully saturated rings. The Morgan fingerprint density at radius 1 is 1.33 bits per heavy atom. The molecule has 1 heterocycles. The Hall–Kier alpha value is -3.48. The van der Waals surface area contributed by atoms with Gasteiger partial charge < -0.3 is 36.1 Å². The topological polar surface area (TPSA) is 152 Å². The summed E-state index contributed by atoms with van der Waals surface area (Å²) in [5.74, 6) is -2.94. The lowest BCUT2D eigenvalue weighted by molar-refractivity contribution is -0.128. The highest BCUT2D eigenvalue weighted by Gasteiger charge is 2.28. The van der Waals surface area contributed by atoms with Crippen LogP contribution in [0.15, 0.2) is 18.2 Å². The van der Waals surface area contributed by atoms with Crippen LogP contribution in [0, 0.1) is 0 Å². The number of nitrogens with zero attached hydrogens (tertiary/aromatic N) is 1. The van der Waals surface area contributed by atoms with Crippen molar-refractivity contribution in [2.45, 2.75) is 19.6 Å². The number of halogens is 2. The maximum absolute atomic E-state index is 12.9. The number of anilines is 2. The molecule has 0 radical (unpaired) electrons. The van der Waals surface area contributed by atoms with Crippen LogP contribution in [0.5, 0.6) is 5.75 Å². The van der Waals surface area contributed by atoms with Gasteiger partial charge in [-0.2, -0.15) is 8.78 Å². The standard InChI is InChI=1S/C17H21F2N5O6/c1-2-21-17(28)23-13(14(20)26)15(27)22-9-3-4-10(11(7-9)30-16(18)19)24-5-6-29-8-12(24)25/h3-4,7,13,16H,2,5-6,8H2,1H3,(H2,20,26)(H,22,27)(H2,21,23,28)/t13-/m0/s1. The Kier molecular flexibility index (Phi) is 7.86. The summed E-state index contributed by atoms with van der Waals surface area (Å²) in [7, 11) is 0. The average molecular weight is 429 g/mol. The fraction of sp³-hybridized carbons (Fsp3) is 0.412. The number of carbonyl (C=O) groups is 4. The Morgan fingerprint density at radius 3 is 2.67 bits per heavy atom. The second-order valence-electron chi connectivity index (χ2n) is 5.99. The van der Waals surface area contributed by atoms with Crippen LogP contribution in [-0.2, 0) is 19.1 Å². The Bertz CT molecular complexity index is 822. The van der Waals surface area contributed by atoms with Crippen LogP contribution in [0.3, 0.4) is 0 Å². The number of ether oxygens (including phenoxy) is 2. The normalized spacial score (nSPS) is 14.8. The zero-order valence-corrected chi connectivity index (χ0v) is 15.9. The van der Waals surface area contributed by atoms with Crippen LogP contribution in [-0.4, -0.2) is 62.7 Å². The average Bonchev–Trinajstić information content (AvgIpc) is 2.66. The Morgan fingerprint density at radius 2 is 2.07 bits per heavy atom. The largest absolute Gasteiger partial charge is 0.433 e. The maximum atomic E-state index is 12.9. The van der Waals surface area contributed by atoms with E-state index in [4.69, 9.17) is 10.5 Å². The molecule has 1 aromatic carbocycles. The molecule has 1 atom stereocenters. The highest BCUT2D eigenvalue weighted by Crippen LogP contribution is 2.33. The van der Waals surface area contributed by atoms with E-state index in [1.165, 1.54) is 17.0 Å². The molecule has 1 saturated heterocycles. The number of nitrogens with one attached hydrogen (secondary N) is 3. The summed E-state index contributed by atoms with van der Waals surface area (Å²) in [4.78, 5) is 48.7. The van der Waals surface area contributed by atoms with Crippen molar-refractivity contribution >= 4 is 35.1 Å². The zero-order chi connectivity index (χ0) is 22.3. The summed E-state index contributed by atoms with van der Waals surface area (Å²) in [5.41, 5.74) is 5.19. The van der Waals surface area contributed by atoms with Crippen molar-refractivity contribution in [3.05, 3.63) is 18.2 Å². The van der Waals surface area contributed by atoms with Crippen LogP contribution in [0.4, 0.5) is 25.0 Å². The van der Waals surface area contributed by atoms with Crippen LogP contribution in [0.2, 0.25) is 0 Å². The van der Waals surface area contributed by atoms with Gasteiger partial charge in [-0.1, -0.05) is 0 Å². The number of rotatable bonds is 8. The summed E-state index contributed by atoms with van der Waals surface area (Å²) in [6, 6.07) is 1.17. The van der Waals surface area contributed by atoms with Crippen molar-refractivity contribution in [1.29, 1.82) is 0 Å². The molecule has 0 saturated carbocycles. The van der Waals surface area contributed by atoms with E-state index in [1.54, 1.807) is 6.92 Å². The number of urea groups is 1. The van der Waals surface area contributed by atoms with E-state index < -0.39 is 36.4 Å². The molecule has 2 rings (SSSR count). The predicted octanol–water partition coefficient (Wildman–Crippen LogP) is -0.237. The molecule has 0 spiro atoms. The minimum absolute atomic E-state index is 0.0240. The second kappa shape index (κ2) is 10.3. The van der Waals surface area contributed by atoms with E-state index in [9.17, 15) is 28.0 Å². The third-order valence-corrected chi connectivity index (χ3v) is 3.88. The number of hydrogen-bond donors (Lipinski definition) is 4. The molecule has 0 bridgehead atoms. The summed E-state index contributed by atoms with van der Waals surface area (Å²) in [6.45, 7) is -1.19. The minimum atomic E-state index is -3.19. The molecule has 5 amide bonds. The Labute approximate surface area is 169 Å². The zero-order valence-electron chi connectivity index (χ0n) is 15.9. The van der Waals surface area contributed by atoms with Crippen LogP contribution in [0.25, 0.3) is 0 Å². The first kappa shape index (κ1) is 22.8. The molecule has 0 aliphatic carbocycles. The minimum Gasteiger partial charge on any atom is -0.433 e. The van der Waals surface area contributed by atoms with Gasteiger partial charge in [0.05, 0.1) is 12.3 Å². The number of morpholine rings is 1. The van der Waals surface area contributed by atoms with Gasteiger partial charge in [-0.05, 0) is 19.1 Å². The van der Waals surface area contributed by atoms with Gasteiger partial charge in [0.1, 0.15) is 6.61 Å². The summed E-state index contributed by atoms with van der Waals surface area (Å²) < 4.78 is 35.2. The first-order valence-corrected chi connectivity index (χ1v) is 8.84. The number of amides is 5. The van der Waals surface area contributed by atoms with E-state index in [0.717, 1.165) is 6.07 Å². The van der Waals surface area contributed by atoms with Crippen molar-refractivity contribution in [2.24, 2.45) is 5.73 Å². The number of hydrogen-bond acceptors (Lipinski definition) is 6. The molecule has 0 aromatic heterocycles. The van der Waals surface area contributed by atoms with Crippen molar-refractivity contribution in [1.82, 2.24) is 10.6 Å². The fourth-order valence-electron chi connectivity index (χ4n) is 2.60. The third-order valence-electron chi connectivity index (χ3n) is 3.88. The van der Waals surface area contributed by atoms with Gasteiger partial charge in [0, 0.05) is 24.8 Å². The molecule has 0 unspecified atom stereocenters. The first-order valence-electron chi connectivity index (χ1n) is 8.84. The van der Waals surface area contributed by atoms with Gasteiger partial charge in [0.2, 0.25) is 5.91 Å². The lowest BCUT2D eigenvalue weighted by atomic mass is 10.2. The van der Waals surface area contributed by atoms with Crippen LogP contribution < -0.4 is 31.3 Å². The van der Waals surface area contributed by atoms with E-state index >= 15 is 0 Å². The molecule has 1 aliphatic heterocycles. The maximum Gasteiger partial charge on any atom is 0.387 e. The molecule has 30 heavy (non-hydrogen) atoms. The van der Waals surface area contributed by atoms with E-state index in [0.29, 0.717) is 0 Å². The first-order chi connectivity index (χ1) is 14.2. The van der Waals surface area contributed by atoms with Crippen molar-refractivity contribution in [3.63, 3.8) is 0 Å². The van der Waals surface area contributed by atoms with Gasteiger partial charge in [-0.3, -0.25) is 14.4 Å². The number of nitrogens with two attached hydrogens (primary N) is 1. The van der Waals surface area contributed by atoms with Gasteiger partial charge in [-0.15, -0.1) is 0 Å². The molecular weight excluding hydrogens is 408 g/mol. The highest BCUT2D eigenvalue weighted by molar-refractivity contribution is 6.11. The van der Waals surface area contributed by atoms with Crippen molar-refractivity contribution in [3.8, 4) is 5.75 Å². The second-order valence-corrected chi connectivity index (χ2v) is 5.99. The molecule has 164 valence electrons. The number of carbonyl (C=O) groups excluding carboxylic acids is 4. The number of primary amides is 1. The third kappa shape index (κ3) is 6.01. The Balaban J connectivity index is 2.24. The van der Waals surface area contributed by atoms with E-state index in [-0.39, 0.29) is 43.4 Å². The summed E-state index contributed by atoms with van der Waals surface area (Å²) >= 11 is 0. The van der Waals surface area contributed by atoms with Gasteiger partial charge in [-0.25, -0.2) is 4.79 Å². The van der Waals surface area contributed by atoms with E-state index in [2.05, 4.69) is 20.7 Å². The molecule has 1 aromatic rings. The van der Waals surface area contributed by atoms with Gasteiger partial charge in [0.15, 0.2) is 11.8 Å². The number of alkyl halides is 2. The van der Waals surface area contributed by atoms with Crippen molar-refractivity contribution in [2.75, 3.05) is 36.5 Å². The SMILES string of the molecule is CCNC(=O)N[C@@H](C(N)=O)C(=O)Nc1ccc(N2CCOCC2=O)c(OC(F)F)c1. The van der Waals surface area contributed by atoms with Crippen LogP contribution >= 0.6 is 0 Å². The molecule has 11 nitrogen and oxygen atoms in total. The van der Waals surface area contributed by atoms with Crippen molar-refractivity contribution < 1.29 is 37.4 Å². The summed E-state index contributed by atoms with van der Waals surface area (Å²) in [6.07, 6.45) is 0. The van der Waals surface area contributed by atoms with Gasteiger partial charge in [0.25, 0.3) is 11.8 Å². The molecule has 1 aliphatic rings. The lowest BCUT2D eigenvalue weighted by Crippen LogP contribution is -2.54. The van der Waals surface area contributed by atoms with E-state index in [1.807, 2.05) is 0 Å². The molecule has 13 heteroatoms. The smallest absolute Gasteiger partial charge is 0.387 e. The van der Waals surface area contributed by atoms with Gasteiger partial charge >= 0.3 is 12.6 Å².